The molecule has 0 N–H and O–H groups in total. The Hall–Kier alpha value is -1.19. The third-order valence-corrected chi connectivity index (χ3v) is 1.81. The summed E-state index contributed by atoms with van der Waals surface area (Å²) >= 11 is 0. The second-order valence-electron chi connectivity index (χ2n) is 3.73. The number of halogens is 2. The summed E-state index contributed by atoms with van der Waals surface area (Å²) in [6.45, 7) is 10.2. The zero-order valence-corrected chi connectivity index (χ0v) is 9.56. The van der Waals surface area contributed by atoms with E-state index in [1.54, 1.807) is 18.9 Å². The molecule has 0 aliphatic carbocycles. The van der Waals surface area contributed by atoms with E-state index in [0.717, 1.165) is 6.92 Å². The van der Waals surface area contributed by atoms with Crippen molar-refractivity contribution in [3.8, 4) is 0 Å². The normalized spacial score (nSPS) is 11.8. The number of aliphatic imine (C=N–C) groups is 1. The molecule has 0 bridgehead atoms. The van der Waals surface area contributed by atoms with Gasteiger partial charge in [-0.1, -0.05) is 13.2 Å². The number of allylic oxidation sites excluding steroid dienone is 2. The second-order valence-corrected chi connectivity index (χ2v) is 3.73. The van der Waals surface area contributed by atoms with Gasteiger partial charge in [-0.15, -0.1) is 0 Å². The van der Waals surface area contributed by atoms with Gasteiger partial charge in [0.25, 0.3) is 0 Å². The molecular weight excluding hydrogens is 198 g/mol. The van der Waals surface area contributed by atoms with E-state index in [4.69, 9.17) is 0 Å². The molecule has 0 saturated carbocycles. The van der Waals surface area contributed by atoms with Crippen molar-refractivity contribution < 1.29 is 8.78 Å². The van der Waals surface area contributed by atoms with Crippen LogP contribution in [-0.4, -0.2) is 30.6 Å². The van der Waals surface area contributed by atoms with Gasteiger partial charge in [0, 0.05) is 37.6 Å². The van der Waals surface area contributed by atoms with Gasteiger partial charge in [0.15, 0.2) is 0 Å². The summed E-state index contributed by atoms with van der Waals surface area (Å²) in [6.07, 6.45) is 1.33. The highest BCUT2D eigenvalue weighted by atomic mass is 19.3. The molecule has 0 atom stereocenters. The van der Waals surface area contributed by atoms with Crippen LogP contribution in [0.1, 0.15) is 20.3 Å². The van der Waals surface area contributed by atoms with Crippen LogP contribution in [0.15, 0.2) is 29.5 Å². The van der Waals surface area contributed by atoms with E-state index in [1.165, 1.54) is 6.21 Å². The number of hydrogen-bond donors (Lipinski definition) is 0. The fourth-order valence-corrected chi connectivity index (χ4v) is 0.791. The minimum atomic E-state index is -2.64. The predicted octanol–water partition coefficient (Wildman–Crippen LogP) is 3.08. The van der Waals surface area contributed by atoms with Crippen LogP contribution in [0.2, 0.25) is 0 Å². The van der Waals surface area contributed by atoms with E-state index in [0.29, 0.717) is 11.4 Å². The molecule has 0 aromatic heterocycles. The van der Waals surface area contributed by atoms with E-state index >= 15 is 0 Å². The minimum absolute atomic E-state index is 0.191. The molecule has 0 spiro atoms. The van der Waals surface area contributed by atoms with Crippen LogP contribution in [0.5, 0.6) is 0 Å². The van der Waals surface area contributed by atoms with Gasteiger partial charge in [0.05, 0.1) is 0 Å². The highest BCUT2D eigenvalue weighted by Gasteiger charge is 2.21. The zero-order chi connectivity index (χ0) is 12.1. The lowest BCUT2D eigenvalue weighted by molar-refractivity contribution is 0.00781. The lowest BCUT2D eigenvalue weighted by Crippen LogP contribution is -2.24. The Bertz CT molecular complexity index is 264. The Morgan fingerprint density at radius 3 is 2.40 bits per heavy atom. The average molecular weight is 216 g/mol. The molecule has 0 saturated heterocycles. The molecule has 0 fully saturated rings. The topological polar surface area (TPSA) is 15.6 Å². The quantitative estimate of drug-likeness (QED) is 0.623. The predicted molar refractivity (Wildman–Crippen MR) is 60.3 cm³/mol. The molecule has 86 valence electrons. The van der Waals surface area contributed by atoms with E-state index in [9.17, 15) is 8.78 Å². The van der Waals surface area contributed by atoms with Gasteiger partial charge in [0.1, 0.15) is 0 Å². The van der Waals surface area contributed by atoms with Crippen LogP contribution in [0.4, 0.5) is 8.78 Å². The fraction of sp³-hybridized carbons (Fsp3) is 0.545. The molecule has 0 heterocycles. The Morgan fingerprint density at radius 2 is 2.00 bits per heavy atom. The van der Waals surface area contributed by atoms with Crippen LogP contribution >= 0.6 is 0 Å². The van der Waals surface area contributed by atoms with Crippen molar-refractivity contribution in [2.24, 2.45) is 4.99 Å². The first kappa shape index (κ1) is 13.8. The maximum Gasteiger partial charge on any atom is 0.247 e. The van der Waals surface area contributed by atoms with E-state index in [-0.39, 0.29) is 13.0 Å². The SMILES string of the molecule is C=C(C)N=CC(=C)N(C)CCC(C)(F)F. The summed E-state index contributed by atoms with van der Waals surface area (Å²) in [4.78, 5) is 5.58. The first-order valence-corrected chi connectivity index (χ1v) is 4.70. The highest BCUT2D eigenvalue weighted by Crippen LogP contribution is 2.17. The minimum Gasteiger partial charge on any atom is -0.374 e. The van der Waals surface area contributed by atoms with Crippen molar-refractivity contribution >= 4 is 6.21 Å². The summed E-state index contributed by atoms with van der Waals surface area (Å²) in [5.74, 6) is -2.64. The number of alkyl halides is 2. The summed E-state index contributed by atoms with van der Waals surface area (Å²) in [5.41, 5.74) is 1.26. The van der Waals surface area contributed by atoms with Crippen LogP contribution in [-0.2, 0) is 0 Å². The molecular formula is C11H18F2N2. The Balaban J connectivity index is 4.06. The van der Waals surface area contributed by atoms with Crippen LogP contribution < -0.4 is 0 Å². The molecule has 0 aromatic carbocycles. The largest absolute Gasteiger partial charge is 0.374 e. The molecule has 0 aromatic rings. The van der Waals surface area contributed by atoms with Gasteiger partial charge in [-0.05, 0) is 13.8 Å². The fourth-order valence-electron chi connectivity index (χ4n) is 0.791. The Morgan fingerprint density at radius 1 is 1.47 bits per heavy atom. The van der Waals surface area contributed by atoms with Gasteiger partial charge in [-0.2, -0.15) is 0 Å². The van der Waals surface area contributed by atoms with Crippen molar-refractivity contribution in [3.63, 3.8) is 0 Å². The standard InChI is InChI=1S/C11H18F2N2/c1-9(2)14-8-10(3)15(5)7-6-11(4,12)13/h8H,1,3,6-7H2,2,4-5H3. The van der Waals surface area contributed by atoms with Crippen molar-refractivity contribution in [1.29, 1.82) is 0 Å². The van der Waals surface area contributed by atoms with Gasteiger partial charge in [-0.3, -0.25) is 4.99 Å². The molecule has 0 radical (unpaired) electrons. The van der Waals surface area contributed by atoms with Crippen molar-refractivity contribution in [2.75, 3.05) is 13.6 Å². The maximum atomic E-state index is 12.6. The number of nitrogens with zero attached hydrogens (tertiary/aromatic N) is 2. The maximum absolute atomic E-state index is 12.6. The molecule has 0 unspecified atom stereocenters. The van der Waals surface area contributed by atoms with Crippen molar-refractivity contribution in [2.45, 2.75) is 26.2 Å². The average Bonchev–Trinajstić information content (AvgIpc) is 2.08. The molecule has 0 aliphatic heterocycles. The van der Waals surface area contributed by atoms with Gasteiger partial charge < -0.3 is 4.90 Å². The van der Waals surface area contributed by atoms with Gasteiger partial charge >= 0.3 is 0 Å². The number of hydrogen-bond acceptors (Lipinski definition) is 2. The second kappa shape index (κ2) is 5.63. The highest BCUT2D eigenvalue weighted by molar-refractivity contribution is 5.77. The molecule has 0 amide bonds. The van der Waals surface area contributed by atoms with Gasteiger partial charge in [0.2, 0.25) is 5.92 Å². The summed E-state index contributed by atoms with van der Waals surface area (Å²) in [7, 11) is 1.71. The Kier molecular flexibility index (Phi) is 5.19. The van der Waals surface area contributed by atoms with E-state index in [2.05, 4.69) is 18.2 Å². The molecule has 0 aliphatic rings. The zero-order valence-electron chi connectivity index (χ0n) is 9.56. The van der Waals surface area contributed by atoms with Crippen molar-refractivity contribution in [1.82, 2.24) is 4.90 Å². The molecule has 0 rings (SSSR count). The first-order chi connectivity index (χ1) is 6.72. The summed E-state index contributed by atoms with van der Waals surface area (Å²) in [6, 6.07) is 0. The van der Waals surface area contributed by atoms with E-state index in [1.807, 2.05) is 0 Å². The monoisotopic (exact) mass is 216 g/mol. The van der Waals surface area contributed by atoms with E-state index < -0.39 is 5.92 Å². The third kappa shape index (κ3) is 7.85. The lowest BCUT2D eigenvalue weighted by Gasteiger charge is -2.20. The van der Waals surface area contributed by atoms with Crippen LogP contribution in [0.25, 0.3) is 0 Å². The first-order valence-electron chi connectivity index (χ1n) is 4.70. The van der Waals surface area contributed by atoms with Crippen LogP contribution in [0.3, 0.4) is 0 Å². The molecule has 4 heteroatoms. The van der Waals surface area contributed by atoms with Gasteiger partial charge in [-0.25, -0.2) is 8.78 Å². The summed E-state index contributed by atoms with van der Waals surface area (Å²) in [5, 5.41) is 0. The molecule has 2 nitrogen and oxygen atoms in total. The number of rotatable bonds is 6. The molecule has 15 heavy (non-hydrogen) atoms. The Labute approximate surface area is 90.0 Å². The lowest BCUT2D eigenvalue weighted by atomic mass is 10.2. The van der Waals surface area contributed by atoms with Crippen LogP contribution in [0, 0.1) is 0 Å². The third-order valence-electron chi connectivity index (χ3n) is 1.81. The smallest absolute Gasteiger partial charge is 0.247 e. The van der Waals surface area contributed by atoms with Crippen molar-refractivity contribution in [3.05, 3.63) is 24.6 Å². The summed E-state index contributed by atoms with van der Waals surface area (Å²) < 4.78 is 25.1.